The summed E-state index contributed by atoms with van der Waals surface area (Å²) in [5, 5.41) is 7.36. The minimum atomic E-state index is -0.869. The smallest absolute Gasteiger partial charge is 0.409 e. The van der Waals surface area contributed by atoms with Crippen LogP contribution in [0.4, 0.5) is 9.59 Å². The molecule has 8 nitrogen and oxygen atoms in total. The number of carbonyl (C=O) groups excluding carboxylic acids is 2. The minimum absolute atomic E-state index is 0.612. The van der Waals surface area contributed by atoms with E-state index in [2.05, 4.69) is 20.7 Å². The molecule has 8 heteroatoms. The Kier molecular flexibility index (Phi) is 5.11. The lowest BCUT2D eigenvalue weighted by molar-refractivity contribution is 0.0504. The molecular formula is C8H15N5O3. The summed E-state index contributed by atoms with van der Waals surface area (Å²) in [6.07, 6.45) is -1.35. The van der Waals surface area contributed by atoms with Crippen LogP contribution in [-0.2, 0) is 4.74 Å². The van der Waals surface area contributed by atoms with E-state index in [1.165, 1.54) is 6.92 Å². The maximum atomic E-state index is 11.2. The van der Waals surface area contributed by atoms with Crippen molar-refractivity contribution in [3.8, 4) is 0 Å². The molecule has 0 saturated carbocycles. The lowest BCUT2D eigenvalue weighted by atomic mass is 10.2. The third kappa shape index (κ3) is 7.45. The molecule has 0 aliphatic rings. The Balaban J connectivity index is 4.05. The van der Waals surface area contributed by atoms with Crippen LogP contribution in [0.2, 0.25) is 0 Å². The molecule has 1 atom stereocenters. The van der Waals surface area contributed by atoms with E-state index in [4.69, 9.17) is 10.3 Å². The van der Waals surface area contributed by atoms with Gasteiger partial charge in [0, 0.05) is 10.0 Å². The molecule has 16 heavy (non-hydrogen) atoms. The van der Waals surface area contributed by atoms with Gasteiger partial charge in [0.2, 0.25) is 0 Å². The summed E-state index contributed by atoms with van der Waals surface area (Å²) in [7, 11) is 0. The van der Waals surface area contributed by atoms with Crippen LogP contribution in [0.15, 0.2) is 5.11 Å². The van der Waals surface area contributed by atoms with Gasteiger partial charge in [-0.1, -0.05) is 0 Å². The molecule has 0 aliphatic carbocycles. The molecule has 0 spiro atoms. The number of azide groups is 1. The standard InChI is InChI=1S/C8H15N5O3/c1-5(10-6(14)12-13-9)11-7(15)16-8(2,3)4/h5H,1-4H3,(H,10,14)(H,11,15)/t5-/m0/s1. The highest BCUT2D eigenvalue weighted by atomic mass is 16.6. The number of urea groups is 1. The van der Waals surface area contributed by atoms with Crippen LogP contribution in [0.3, 0.4) is 0 Å². The summed E-state index contributed by atoms with van der Waals surface area (Å²) in [5.41, 5.74) is 7.36. The van der Waals surface area contributed by atoms with Crippen molar-refractivity contribution in [1.82, 2.24) is 10.6 Å². The highest BCUT2D eigenvalue weighted by Crippen LogP contribution is 2.06. The average molecular weight is 229 g/mol. The normalized spacial score (nSPS) is 12.0. The Hall–Kier alpha value is -1.95. The monoisotopic (exact) mass is 229 g/mol. The van der Waals surface area contributed by atoms with Crippen molar-refractivity contribution in [2.24, 2.45) is 5.11 Å². The lowest BCUT2D eigenvalue weighted by Crippen LogP contribution is -2.46. The number of nitrogens with zero attached hydrogens (tertiary/aromatic N) is 3. The average Bonchev–Trinajstić information content (AvgIpc) is 1.98. The zero-order valence-corrected chi connectivity index (χ0v) is 9.64. The number of hydrogen-bond donors (Lipinski definition) is 2. The van der Waals surface area contributed by atoms with Crippen molar-refractivity contribution in [2.75, 3.05) is 0 Å². The van der Waals surface area contributed by atoms with Crippen molar-refractivity contribution in [2.45, 2.75) is 39.5 Å². The Morgan fingerprint density at radius 1 is 1.38 bits per heavy atom. The Morgan fingerprint density at radius 2 is 1.94 bits per heavy atom. The van der Waals surface area contributed by atoms with Crippen molar-refractivity contribution in [3.05, 3.63) is 10.4 Å². The molecule has 0 radical (unpaired) electrons. The van der Waals surface area contributed by atoms with Crippen molar-refractivity contribution < 1.29 is 14.3 Å². The summed E-state index contributed by atoms with van der Waals surface area (Å²) in [6.45, 7) is 6.66. The van der Waals surface area contributed by atoms with Gasteiger partial charge in [-0.3, -0.25) is 4.79 Å². The Morgan fingerprint density at radius 3 is 2.38 bits per heavy atom. The van der Waals surface area contributed by atoms with Gasteiger partial charge in [-0.2, -0.15) is 0 Å². The third-order valence-electron chi connectivity index (χ3n) is 1.21. The predicted molar refractivity (Wildman–Crippen MR) is 56.5 cm³/mol. The van der Waals surface area contributed by atoms with Gasteiger partial charge in [0.1, 0.15) is 11.8 Å². The van der Waals surface area contributed by atoms with Crippen LogP contribution < -0.4 is 10.6 Å². The van der Waals surface area contributed by atoms with E-state index >= 15 is 0 Å². The number of hydrogen-bond acceptors (Lipinski definition) is 3. The summed E-state index contributed by atoms with van der Waals surface area (Å²) in [6, 6.07) is -0.869. The van der Waals surface area contributed by atoms with E-state index in [-0.39, 0.29) is 0 Å². The van der Waals surface area contributed by atoms with Crippen LogP contribution in [-0.4, -0.2) is 23.9 Å². The van der Waals surface area contributed by atoms with E-state index in [1.54, 1.807) is 20.8 Å². The molecule has 0 fully saturated rings. The molecule has 0 aromatic rings. The van der Waals surface area contributed by atoms with Crippen molar-refractivity contribution >= 4 is 12.1 Å². The molecule has 0 heterocycles. The summed E-state index contributed by atoms with van der Waals surface area (Å²) < 4.78 is 4.95. The van der Waals surface area contributed by atoms with Crippen molar-refractivity contribution in [3.63, 3.8) is 0 Å². The van der Waals surface area contributed by atoms with Crippen LogP contribution in [0.1, 0.15) is 27.7 Å². The van der Waals surface area contributed by atoms with E-state index in [0.29, 0.717) is 0 Å². The second kappa shape index (κ2) is 5.82. The predicted octanol–water partition coefficient (Wildman–Crippen LogP) is 1.88. The molecule has 0 aliphatic heterocycles. The van der Waals surface area contributed by atoms with Gasteiger partial charge in [0.15, 0.2) is 0 Å². The lowest BCUT2D eigenvalue weighted by Gasteiger charge is -2.21. The van der Waals surface area contributed by atoms with Gasteiger partial charge in [0.05, 0.1) is 0 Å². The molecule has 0 saturated heterocycles. The number of carbonyl (C=O) groups is 2. The van der Waals surface area contributed by atoms with Gasteiger partial charge in [-0.25, -0.2) is 4.79 Å². The zero-order valence-electron chi connectivity index (χ0n) is 9.64. The molecule has 0 bridgehead atoms. The van der Waals surface area contributed by atoms with Gasteiger partial charge in [-0.15, -0.1) is 0 Å². The second-order valence-corrected chi connectivity index (χ2v) is 4.01. The van der Waals surface area contributed by atoms with E-state index in [0.717, 1.165) is 0 Å². The van der Waals surface area contributed by atoms with Gasteiger partial charge >= 0.3 is 12.1 Å². The highest BCUT2D eigenvalue weighted by molar-refractivity contribution is 5.76. The second-order valence-electron chi connectivity index (χ2n) is 4.01. The van der Waals surface area contributed by atoms with E-state index in [9.17, 15) is 9.59 Å². The fourth-order valence-electron chi connectivity index (χ4n) is 0.775. The third-order valence-corrected chi connectivity index (χ3v) is 1.21. The van der Waals surface area contributed by atoms with Crippen LogP contribution in [0.5, 0.6) is 0 Å². The number of nitrogens with one attached hydrogen (secondary N) is 2. The Labute approximate surface area is 93.0 Å². The topological polar surface area (TPSA) is 116 Å². The fraction of sp³-hybridized carbons (Fsp3) is 0.750. The van der Waals surface area contributed by atoms with Crippen LogP contribution in [0.25, 0.3) is 10.4 Å². The first-order valence-electron chi connectivity index (χ1n) is 4.59. The van der Waals surface area contributed by atoms with Crippen LogP contribution >= 0.6 is 0 Å². The maximum absolute atomic E-state index is 11.2. The minimum Gasteiger partial charge on any atom is -0.444 e. The zero-order chi connectivity index (χ0) is 12.8. The maximum Gasteiger partial charge on any atom is 0.409 e. The molecule has 2 N–H and O–H groups in total. The molecule has 0 aromatic heterocycles. The van der Waals surface area contributed by atoms with Crippen molar-refractivity contribution in [1.29, 1.82) is 0 Å². The summed E-state index contributed by atoms with van der Waals surface area (Å²) in [4.78, 5) is 24.3. The number of amides is 3. The molecule has 3 amide bonds. The molecule has 0 aromatic carbocycles. The fourth-order valence-corrected chi connectivity index (χ4v) is 0.775. The summed E-state index contributed by atoms with van der Waals surface area (Å²) in [5.74, 6) is 0. The first kappa shape index (κ1) is 14.1. The number of ether oxygens (including phenoxy) is 1. The SMILES string of the molecule is C[C@@H](NC(=O)N=[N+]=[N-])NC(=O)OC(C)(C)C. The quantitative estimate of drug-likeness (QED) is 0.326. The molecule has 0 unspecified atom stereocenters. The van der Waals surface area contributed by atoms with Gasteiger partial charge in [-0.05, 0) is 33.2 Å². The van der Waals surface area contributed by atoms with E-state index in [1.807, 2.05) is 0 Å². The first-order chi connectivity index (χ1) is 7.24. The molecular weight excluding hydrogens is 214 g/mol. The van der Waals surface area contributed by atoms with E-state index < -0.39 is 23.9 Å². The highest BCUT2D eigenvalue weighted by Gasteiger charge is 2.17. The van der Waals surface area contributed by atoms with Crippen LogP contribution in [0, 0.1) is 0 Å². The Bertz CT molecular complexity index is 316. The van der Waals surface area contributed by atoms with Gasteiger partial charge < -0.3 is 15.4 Å². The number of alkyl carbamates (subject to hydrolysis) is 1. The number of rotatable bonds is 2. The molecule has 0 rings (SSSR count). The summed E-state index contributed by atoms with van der Waals surface area (Å²) >= 11 is 0. The van der Waals surface area contributed by atoms with Gasteiger partial charge in [0.25, 0.3) is 0 Å². The first-order valence-corrected chi connectivity index (χ1v) is 4.59. The molecule has 90 valence electrons. The largest absolute Gasteiger partial charge is 0.444 e.